The largest absolute Gasteiger partial charge is 0.392 e. The number of anilines is 1. The van der Waals surface area contributed by atoms with Crippen LogP contribution in [0.25, 0.3) is 0 Å². The number of β-amino-alcohol motifs (C(OH)–C–C–N with tert-alkyl or cyclic N) is 1. The zero-order chi connectivity index (χ0) is 13.2. The molecule has 100 valence electrons. The highest BCUT2D eigenvalue weighted by molar-refractivity contribution is 7.89. The summed E-state index contributed by atoms with van der Waals surface area (Å²) in [5, 5.41) is 12.5. The molecule has 0 aromatic heterocycles. The average molecular weight is 270 g/mol. The second-order valence-corrected chi connectivity index (χ2v) is 6.24. The van der Waals surface area contributed by atoms with E-state index in [4.69, 9.17) is 0 Å². The van der Waals surface area contributed by atoms with E-state index in [0.717, 1.165) is 0 Å². The van der Waals surface area contributed by atoms with Gasteiger partial charge < -0.3 is 10.4 Å². The summed E-state index contributed by atoms with van der Waals surface area (Å²) in [6.07, 6.45) is -0.0474. The van der Waals surface area contributed by atoms with Crippen LogP contribution < -0.4 is 5.32 Å². The number of para-hydroxylation sites is 1. The minimum Gasteiger partial charge on any atom is -0.392 e. The molecule has 0 spiro atoms. The smallest absolute Gasteiger partial charge is 0.245 e. The molecule has 1 aliphatic rings. The monoisotopic (exact) mass is 270 g/mol. The molecule has 0 radical (unpaired) electrons. The first kappa shape index (κ1) is 13.3. The predicted octanol–water partition coefficient (Wildman–Crippen LogP) is 0.874. The maximum atomic E-state index is 12.5. The first-order chi connectivity index (χ1) is 8.55. The van der Waals surface area contributed by atoms with E-state index in [9.17, 15) is 13.5 Å². The summed E-state index contributed by atoms with van der Waals surface area (Å²) < 4.78 is 26.2. The van der Waals surface area contributed by atoms with Crippen molar-refractivity contribution in [1.82, 2.24) is 4.31 Å². The van der Waals surface area contributed by atoms with Crippen LogP contribution in [0.5, 0.6) is 0 Å². The Morgan fingerprint density at radius 1 is 1.44 bits per heavy atom. The molecule has 1 unspecified atom stereocenters. The van der Waals surface area contributed by atoms with Crippen LogP contribution in [0.2, 0.25) is 0 Å². The Morgan fingerprint density at radius 3 is 2.78 bits per heavy atom. The van der Waals surface area contributed by atoms with Crippen LogP contribution in [0, 0.1) is 0 Å². The molecule has 0 bridgehead atoms. The van der Waals surface area contributed by atoms with E-state index in [1.807, 2.05) is 6.92 Å². The van der Waals surface area contributed by atoms with Gasteiger partial charge in [0.2, 0.25) is 10.0 Å². The van der Waals surface area contributed by atoms with Crippen LogP contribution in [0.3, 0.4) is 0 Å². The number of rotatable bonds is 4. The number of hydrogen-bond acceptors (Lipinski definition) is 4. The minimum atomic E-state index is -3.51. The molecule has 1 atom stereocenters. The predicted molar refractivity (Wildman–Crippen MR) is 70.0 cm³/mol. The van der Waals surface area contributed by atoms with Gasteiger partial charge in [-0.15, -0.1) is 0 Å². The van der Waals surface area contributed by atoms with Gasteiger partial charge in [-0.2, -0.15) is 4.31 Å². The first-order valence-corrected chi connectivity index (χ1v) is 7.51. The summed E-state index contributed by atoms with van der Waals surface area (Å²) >= 11 is 0. The zero-order valence-corrected chi connectivity index (χ0v) is 11.2. The molecule has 6 heteroatoms. The van der Waals surface area contributed by atoms with E-state index in [0.29, 0.717) is 25.2 Å². The number of benzene rings is 1. The summed E-state index contributed by atoms with van der Waals surface area (Å²) in [6.45, 7) is 3.14. The van der Waals surface area contributed by atoms with E-state index in [2.05, 4.69) is 5.32 Å². The molecule has 0 saturated carbocycles. The van der Waals surface area contributed by atoms with E-state index in [1.165, 1.54) is 4.31 Å². The molecular weight excluding hydrogens is 252 g/mol. The molecule has 18 heavy (non-hydrogen) atoms. The van der Waals surface area contributed by atoms with Gasteiger partial charge >= 0.3 is 0 Å². The molecule has 0 amide bonds. The normalized spacial score (nSPS) is 21.1. The van der Waals surface area contributed by atoms with Crippen molar-refractivity contribution in [2.24, 2.45) is 0 Å². The molecule has 0 aliphatic carbocycles. The number of aliphatic hydroxyl groups is 1. The van der Waals surface area contributed by atoms with Crippen molar-refractivity contribution in [2.75, 3.05) is 25.0 Å². The fourth-order valence-electron chi connectivity index (χ4n) is 2.10. The van der Waals surface area contributed by atoms with Gasteiger partial charge in [-0.05, 0) is 25.5 Å². The van der Waals surface area contributed by atoms with Gasteiger partial charge in [0.15, 0.2) is 0 Å². The van der Waals surface area contributed by atoms with Crippen molar-refractivity contribution in [2.45, 2.75) is 24.3 Å². The molecule has 5 nitrogen and oxygen atoms in total. The van der Waals surface area contributed by atoms with Crippen molar-refractivity contribution in [3.8, 4) is 0 Å². The van der Waals surface area contributed by atoms with Crippen LogP contribution >= 0.6 is 0 Å². The van der Waals surface area contributed by atoms with Gasteiger partial charge in [-0.25, -0.2) is 8.42 Å². The maximum Gasteiger partial charge on any atom is 0.245 e. The van der Waals surface area contributed by atoms with Crippen molar-refractivity contribution >= 4 is 15.7 Å². The Bertz CT molecular complexity index is 516. The van der Waals surface area contributed by atoms with Crippen molar-refractivity contribution in [1.29, 1.82) is 0 Å². The molecule has 2 N–H and O–H groups in total. The highest BCUT2D eigenvalue weighted by Gasteiger charge is 2.32. The number of nitrogens with one attached hydrogen (secondary N) is 1. The third kappa shape index (κ3) is 2.50. The third-order valence-electron chi connectivity index (χ3n) is 3.00. The van der Waals surface area contributed by atoms with E-state index < -0.39 is 16.1 Å². The van der Waals surface area contributed by atoms with E-state index in [1.54, 1.807) is 24.3 Å². The van der Waals surface area contributed by atoms with Crippen LogP contribution in [-0.2, 0) is 10.0 Å². The summed E-state index contributed by atoms with van der Waals surface area (Å²) in [4.78, 5) is 0.279. The molecule has 1 aromatic carbocycles. The Morgan fingerprint density at radius 2 is 2.17 bits per heavy atom. The minimum absolute atomic E-state index is 0.183. The molecule has 1 aliphatic heterocycles. The Labute approximate surface area is 107 Å². The number of sulfonamides is 1. The van der Waals surface area contributed by atoms with Crippen molar-refractivity contribution in [3.63, 3.8) is 0 Å². The zero-order valence-electron chi connectivity index (χ0n) is 10.3. The molecular formula is C12H18N2O3S. The van der Waals surface area contributed by atoms with Crippen molar-refractivity contribution < 1.29 is 13.5 Å². The van der Waals surface area contributed by atoms with Crippen LogP contribution in [0.4, 0.5) is 5.69 Å². The highest BCUT2D eigenvalue weighted by Crippen LogP contribution is 2.26. The lowest BCUT2D eigenvalue weighted by Crippen LogP contribution is -2.30. The Balaban J connectivity index is 2.35. The van der Waals surface area contributed by atoms with Crippen molar-refractivity contribution in [3.05, 3.63) is 24.3 Å². The fourth-order valence-corrected chi connectivity index (χ4v) is 3.76. The van der Waals surface area contributed by atoms with E-state index >= 15 is 0 Å². The second-order valence-electron chi connectivity index (χ2n) is 4.33. The molecule has 1 fully saturated rings. The molecule has 1 heterocycles. The lowest BCUT2D eigenvalue weighted by atomic mass is 10.3. The van der Waals surface area contributed by atoms with Gasteiger partial charge in [0.1, 0.15) is 4.90 Å². The Hall–Kier alpha value is -1.11. The average Bonchev–Trinajstić information content (AvgIpc) is 2.78. The highest BCUT2D eigenvalue weighted by atomic mass is 32.2. The second kappa shape index (κ2) is 5.26. The summed E-state index contributed by atoms with van der Waals surface area (Å²) in [5.74, 6) is 0. The quantitative estimate of drug-likeness (QED) is 0.852. The first-order valence-electron chi connectivity index (χ1n) is 6.07. The number of hydrogen-bond donors (Lipinski definition) is 2. The van der Waals surface area contributed by atoms with Gasteiger partial charge in [0, 0.05) is 19.6 Å². The number of nitrogens with zero attached hydrogens (tertiary/aromatic N) is 1. The van der Waals surface area contributed by atoms with Gasteiger partial charge in [0.05, 0.1) is 11.8 Å². The van der Waals surface area contributed by atoms with Gasteiger partial charge in [-0.1, -0.05) is 12.1 Å². The summed E-state index contributed by atoms with van der Waals surface area (Å²) in [7, 11) is -3.51. The molecule has 2 rings (SSSR count). The topological polar surface area (TPSA) is 69.6 Å². The molecule has 1 aromatic rings. The summed E-state index contributed by atoms with van der Waals surface area (Å²) in [5.41, 5.74) is 0.612. The van der Waals surface area contributed by atoms with Gasteiger partial charge in [0.25, 0.3) is 0 Å². The maximum absolute atomic E-state index is 12.5. The van der Waals surface area contributed by atoms with Crippen LogP contribution in [0.1, 0.15) is 13.3 Å². The lowest BCUT2D eigenvalue weighted by molar-refractivity contribution is 0.189. The van der Waals surface area contributed by atoms with Gasteiger partial charge in [-0.3, -0.25) is 0 Å². The van der Waals surface area contributed by atoms with Crippen LogP contribution in [-0.4, -0.2) is 43.6 Å². The third-order valence-corrected chi connectivity index (χ3v) is 4.92. The fraction of sp³-hybridized carbons (Fsp3) is 0.500. The van der Waals surface area contributed by atoms with Crippen LogP contribution in [0.15, 0.2) is 29.2 Å². The standard InChI is InChI=1S/C12H18N2O3S/c1-2-13-11-5-3-4-6-12(11)18(16,17)14-8-7-10(15)9-14/h3-6,10,13,15H,2,7-9H2,1H3. The number of aliphatic hydroxyl groups excluding tert-OH is 1. The van der Waals surface area contributed by atoms with E-state index in [-0.39, 0.29) is 11.4 Å². The lowest BCUT2D eigenvalue weighted by Gasteiger charge is -2.18. The molecule has 1 saturated heterocycles. The SMILES string of the molecule is CCNc1ccccc1S(=O)(=O)N1CCC(O)C1. The summed E-state index contributed by atoms with van der Waals surface area (Å²) in [6, 6.07) is 6.86. The Kier molecular flexibility index (Phi) is 3.89.